The Kier molecular flexibility index (Phi) is 46.3. The summed E-state index contributed by atoms with van der Waals surface area (Å²) in [4.78, 5) is 13.3. The van der Waals surface area contributed by atoms with Crippen LogP contribution in [-0.2, 0) is 23.7 Å². The molecule has 2 aliphatic heterocycles. The van der Waals surface area contributed by atoms with Crippen molar-refractivity contribution in [3.63, 3.8) is 0 Å². The van der Waals surface area contributed by atoms with Crippen LogP contribution in [0.5, 0.6) is 0 Å². The number of amides is 1. The molecule has 14 nitrogen and oxygen atoms in total. The minimum Gasteiger partial charge on any atom is -0.394 e. The number of allylic oxidation sites excluding steroid dienone is 10. The second kappa shape index (κ2) is 50.2. The van der Waals surface area contributed by atoms with Crippen LogP contribution >= 0.6 is 0 Å². The molecule has 0 aromatic heterocycles. The zero-order chi connectivity index (χ0) is 57.4. The number of rotatable bonds is 51. The number of carbonyl (C=O) groups is 1. The van der Waals surface area contributed by atoms with Crippen molar-refractivity contribution in [2.75, 3.05) is 19.8 Å². The van der Waals surface area contributed by atoms with Crippen LogP contribution in [-0.4, -0.2) is 140 Å². The first-order chi connectivity index (χ1) is 38.6. The van der Waals surface area contributed by atoms with Crippen LogP contribution in [0.25, 0.3) is 0 Å². The smallest absolute Gasteiger partial charge is 0.220 e. The summed E-state index contributed by atoms with van der Waals surface area (Å²) in [7, 11) is 0. The largest absolute Gasteiger partial charge is 0.394 e. The Hall–Kier alpha value is -2.31. The molecule has 0 radical (unpaired) electrons. The molecule has 2 heterocycles. The van der Waals surface area contributed by atoms with Gasteiger partial charge in [-0.1, -0.05) is 248 Å². The fourth-order valence-electron chi connectivity index (χ4n) is 10.4. The molecule has 9 N–H and O–H groups in total. The lowest BCUT2D eigenvalue weighted by atomic mass is 9.97. The van der Waals surface area contributed by atoms with Crippen LogP contribution < -0.4 is 5.32 Å². The summed E-state index contributed by atoms with van der Waals surface area (Å²) in [5.74, 6) is -0.213. The maximum absolute atomic E-state index is 13.3. The maximum atomic E-state index is 13.3. The van der Waals surface area contributed by atoms with E-state index in [1.807, 2.05) is 0 Å². The third kappa shape index (κ3) is 35.4. The van der Waals surface area contributed by atoms with E-state index in [9.17, 15) is 45.6 Å². The van der Waals surface area contributed by atoms with Crippen LogP contribution in [0.2, 0.25) is 0 Å². The highest BCUT2D eigenvalue weighted by Gasteiger charge is 2.51. The van der Waals surface area contributed by atoms with Crippen molar-refractivity contribution in [2.45, 2.75) is 325 Å². The summed E-state index contributed by atoms with van der Waals surface area (Å²) >= 11 is 0. The molecular formula is C65H117NO13. The average Bonchev–Trinajstić information content (AvgIpc) is 3.47. The number of carbonyl (C=O) groups excluding carboxylic acids is 1. The Morgan fingerprint density at radius 1 is 0.468 bits per heavy atom. The van der Waals surface area contributed by atoms with Crippen LogP contribution in [0.4, 0.5) is 0 Å². The van der Waals surface area contributed by atoms with Gasteiger partial charge >= 0.3 is 0 Å². The van der Waals surface area contributed by atoms with Gasteiger partial charge in [-0.3, -0.25) is 4.79 Å². The van der Waals surface area contributed by atoms with Gasteiger partial charge < -0.3 is 65.1 Å². The third-order valence-electron chi connectivity index (χ3n) is 15.5. The number of hydrogen-bond acceptors (Lipinski definition) is 13. The fraction of sp³-hybridized carbons (Fsp3) is 0.831. The molecule has 1 amide bonds. The van der Waals surface area contributed by atoms with Gasteiger partial charge in [-0.2, -0.15) is 0 Å². The van der Waals surface area contributed by atoms with E-state index in [-0.39, 0.29) is 12.5 Å². The molecule has 0 aliphatic carbocycles. The van der Waals surface area contributed by atoms with Crippen molar-refractivity contribution in [3.8, 4) is 0 Å². The number of unbranched alkanes of at least 4 members (excludes halogenated alkanes) is 28. The lowest BCUT2D eigenvalue weighted by Crippen LogP contribution is -2.65. The number of aliphatic hydroxyl groups is 8. The number of aliphatic hydroxyl groups excluding tert-OH is 8. The molecule has 0 bridgehead atoms. The maximum Gasteiger partial charge on any atom is 0.220 e. The van der Waals surface area contributed by atoms with Crippen LogP contribution in [0.15, 0.2) is 60.8 Å². The molecule has 0 aromatic rings. The predicted octanol–water partition coefficient (Wildman–Crippen LogP) is 11.7. The monoisotopic (exact) mass is 1120 g/mol. The highest BCUT2D eigenvalue weighted by Crippen LogP contribution is 2.30. The van der Waals surface area contributed by atoms with Crippen LogP contribution in [0, 0.1) is 0 Å². The third-order valence-corrected chi connectivity index (χ3v) is 15.5. The molecular weight excluding hydrogens is 1000 g/mol. The van der Waals surface area contributed by atoms with E-state index in [4.69, 9.17) is 18.9 Å². The highest BCUT2D eigenvalue weighted by molar-refractivity contribution is 5.76. The first kappa shape index (κ1) is 72.8. The topological polar surface area (TPSA) is 228 Å². The minimum absolute atomic E-state index is 0.213. The molecule has 79 heavy (non-hydrogen) atoms. The van der Waals surface area contributed by atoms with Crippen LogP contribution in [0.3, 0.4) is 0 Å². The minimum atomic E-state index is -1.79. The lowest BCUT2D eigenvalue weighted by molar-refractivity contribution is -0.359. The predicted molar refractivity (Wildman–Crippen MR) is 318 cm³/mol. The van der Waals surface area contributed by atoms with Crippen LogP contribution in [0.1, 0.15) is 251 Å². The summed E-state index contributed by atoms with van der Waals surface area (Å²) in [6.07, 6.45) is 47.8. The number of nitrogens with one attached hydrogen (secondary N) is 1. The Labute approximate surface area is 479 Å². The van der Waals surface area contributed by atoms with E-state index in [1.165, 1.54) is 135 Å². The summed E-state index contributed by atoms with van der Waals surface area (Å²) in [5, 5.41) is 87.4. The van der Waals surface area contributed by atoms with Gasteiger partial charge in [-0.05, 0) is 57.8 Å². The summed E-state index contributed by atoms with van der Waals surface area (Å²) in [6.45, 7) is 2.76. The molecule has 0 spiro atoms. The fourth-order valence-corrected chi connectivity index (χ4v) is 10.4. The van der Waals surface area contributed by atoms with Crippen molar-refractivity contribution < 1.29 is 64.6 Å². The Bertz CT molecular complexity index is 1560. The molecule has 0 saturated carbocycles. The Morgan fingerprint density at radius 2 is 0.873 bits per heavy atom. The quantitative estimate of drug-likeness (QED) is 0.0204. The zero-order valence-corrected chi connectivity index (χ0v) is 49.6. The second-order valence-corrected chi connectivity index (χ2v) is 22.5. The molecule has 0 aromatic carbocycles. The average molecular weight is 1120 g/mol. The van der Waals surface area contributed by atoms with Crippen molar-refractivity contribution >= 4 is 5.91 Å². The van der Waals surface area contributed by atoms with Crippen molar-refractivity contribution in [1.29, 1.82) is 0 Å². The van der Waals surface area contributed by atoms with Crippen molar-refractivity contribution in [3.05, 3.63) is 60.8 Å². The van der Waals surface area contributed by atoms with Gasteiger partial charge in [0.15, 0.2) is 12.6 Å². The second-order valence-electron chi connectivity index (χ2n) is 22.5. The molecule has 2 saturated heterocycles. The van der Waals surface area contributed by atoms with E-state index < -0.39 is 86.8 Å². The first-order valence-electron chi connectivity index (χ1n) is 32.0. The molecule has 12 unspecified atom stereocenters. The molecule has 14 heteroatoms. The number of hydrogen-bond donors (Lipinski definition) is 9. The summed E-state index contributed by atoms with van der Waals surface area (Å²) in [6, 6.07) is -0.836. The van der Waals surface area contributed by atoms with Gasteiger partial charge in [0.05, 0.1) is 32.0 Å². The normalized spacial score (nSPS) is 24.8. The van der Waals surface area contributed by atoms with Gasteiger partial charge in [0.25, 0.3) is 0 Å². The lowest BCUT2D eigenvalue weighted by Gasteiger charge is -2.46. The van der Waals surface area contributed by atoms with E-state index in [0.29, 0.717) is 19.3 Å². The molecule has 2 rings (SSSR count). The Morgan fingerprint density at radius 3 is 1.34 bits per heavy atom. The van der Waals surface area contributed by atoms with Crippen molar-refractivity contribution in [1.82, 2.24) is 5.32 Å². The van der Waals surface area contributed by atoms with Gasteiger partial charge in [0, 0.05) is 6.42 Å². The SMILES string of the molecule is CC/C=C\C/C=C\C/C=C\C/C=C\C/C=C\CCCCCCCCCCCC(=O)NC(COC1OC(CO)C(OC2OC(CO)C(O)C(O)C2O)C(O)C1O)C(O)CCCCCCCCCCCCCCCCCCCCCC. The molecule has 2 aliphatic rings. The standard InChI is InChI=1S/C65H117NO13/c1-3-5-7-9-11-13-15-17-19-21-23-25-26-27-28-29-31-33-35-37-39-41-43-45-47-49-57(70)66-53(54(69)48-46-44-42-40-38-36-34-32-30-24-22-20-18-16-14-12-10-8-6-4-2)52-76-64-62(75)60(73)63(56(51-68)78-64)79-65-61(74)59(72)58(71)55(50-67)77-65/h5,7,11,13,17,19,23,25,27-28,53-56,58-65,67-69,71-75H,3-4,6,8-10,12,14-16,18,20-22,24,26,29-52H2,1-2H3,(H,66,70)/b7-5-,13-11-,19-17-,25-23-,28-27-. The van der Waals surface area contributed by atoms with Gasteiger partial charge in [0.1, 0.15) is 48.8 Å². The van der Waals surface area contributed by atoms with Gasteiger partial charge in [0.2, 0.25) is 5.91 Å². The zero-order valence-electron chi connectivity index (χ0n) is 49.6. The van der Waals surface area contributed by atoms with Gasteiger partial charge in [-0.15, -0.1) is 0 Å². The summed E-state index contributed by atoms with van der Waals surface area (Å²) < 4.78 is 22.9. The van der Waals surface area contributed by atoms with Crippen molar-refractivity contribution in [2.24, 2.45) is 0 Å². The highest BCUT2D eigenvalue weighted by atomic mass is 16.7. The van der Waals surface area contributed by atoms with E-state index in [2.05, 4.69) is 79.9 Å². The molecule has 2 fully saturated rings. The molecule has 12 atom stereocenters. The van der Waals surface area contributed by atoms with Gasteiger partial charge in [-0.25, -0.2) is 0 Å². The molecule has 460 valence electrons. The van der Waals surface area contributed by atoms with E-state index in [1.54, 1.807) is 0 Å². The van der Waals surface area contributed by atoms with E-state index >= 15 is 0 Å². The first-order valence-corrected chi connectivity index (χ1v) is 32.0. The Balaban J connectivity index is 1.72. The van der Waals surface area contributed by atoms with E-state index in [0.717, 1.165) is 83.5 Å². The number of ether oxygens (including phenoxy) is 4. The summed E-state index contributed by atoms with van der Waals surface area (Å²) in [5.41, 5.74) is 0.